The van der Waals surface area contributed by atoms with E-state index in [1.54, 1.807) is 6.92 Å². The van der Waals surface area contributed by atoms with Crippen LogP contribution in [0.3, 0.4) is 0 Å². The second-order valence-electron chi connectivity index (χ2n) is 10.1. The van der Waals surface area contributed by atoms with Crippen LogP contribution in [0.25, 0.3) is 0 Å². The van der Waals surface area contributed by atoms with E-state index in [9.17, 15) is 34.8 Å². The van der Waals surface area contributed by atoms with Gasteiger partial charge in [0.1, 0.15) is 18.0 Å². The van der Waals surface area contributed by atoms with Crippen LogP contribution in [-0.2, 0) is 28.6 Å². The highest BCUT2D eigenvalue weighted by Crippen LogP contribution is 2.14. The lowest BCUT2D eigenvalue weighted by Gasteiger charge is -2.32. The Balaban J connectivity index is 2.26. The third kappa shape index (κ3) is 15.6. The summed E-state index contributed by atoms with van der Waals surface area (Å²) in [4.78, 5) is 35.5. The van der Waals surface area contributed by atoms with E-state index in [1.165, 1.54) is 6.92 Å². The number of ether oxygens (including phenoxy) is 3. The SMILES string of the molecule is CCC[C@@H](O)[C@@H](O)[C@H](C)CNC(=O)CCOCC(COCCC(=O)NC[C@H]1OCC[C@@H](O)[C@H]1O)NCC(C)=O. The lowest BCUT2D eigenvalue weighted by Crippen LogP contribution is -2.50. The number of aliphatic hydroxyl groups excluding tert-OH is 4. The molecule has 0 aromatic heterocycles. The first kappa shape index (κ1) is 35.3. The lowest BCUT2D eigenvalue weighted by molar-refractivity contribution is -0.138. The van der Waals surface area contributed by atoms with Crippen molar-refractivity contribution in [2.24, 2.45) is 5.92 Å². The average molecular weight is 564 g/mol. The topological polar surface area (TPSA) is 196 Å². The quantitative estimate of drug-likeness (QED) is 0.0782. The third-order valence-corrected chi connectivity index (χ3v) is 6.43. The van der Waals surface area contributed by atoms with Gasteiger partial charge in [-0.15, -0.1) is 0 Å². The fourth-order valence-corrected chi connectivity index (χ4v) is 3.90. The molecule has 0 radical (unpaired) electrons. The Kier molecular flexibility index (Phi) is 18.3. The molecule has 1 rings (SSSR count). The fourth-order valence-electron chi connectivity index (χ4n) is 3.90. The zero-order chi connectivity index (χ0) is 29.2. The van der Waals surface area contributed by atoms with Gasteiger partial charge in [-0.05, 0) is 19.8 Å². The number of carbonyl (C=O) groups is 3. The number of hydrogen-bond donors (Lipinski definition) is 7. The lowest BCUT2D eigenvalue weighted by atomic mass is 9.97. The molecule has 2 amide bonds. The molecule has 13 heteroatoms. The molecule has 1 aliphatic heterocycles. The number of rotatable bonds is 21. The van der Waals surface area contributed by atoms with E-state index < -0.39 is 30.5 Å². The van der Waals surface area contributed by atoms with Gasteiger partial charge < -0.3 is 50.6 Å². The van der Waals surface area contributed by atoms with Crippen LogP contribution < -0.4 is 16.0 Å². The maximum atomic E-state index is 12.1. The summed E-state index contributed by atoms with van der Waals surface area (Å²) >= 11 is 0. The summed E-state index contributed by atoms with van der Waals surface area (Å²) in [6.07, 6.45) is -2.51. The summed E-state index contributed by atoms with van der Waals surface area (Å²) in [5, 5.41) is 48.0. The number of aliphatic hydroxyl groups is 4. The van der Waals surface area contributed by atoms with E-state index in [0.717, 1.165) is 6.42 Å². The van der Waals surface area contributed by atoms with Crippen molar-refractivity contribution in [1.82, 2.24) is 16.0 Å². The summed E-state index contributed by atoms with van der Waals surface area (Å²) in [6, 6.07) is -0.331. The summed E-state index contributed by atoms with van der Waals surface area (Å²) in [6.45, 7) is 6.53. The molecule has 1 unspecified atom stereocenters. The molecule has 0 spiro atoms. The molecule has 39 heavy (non-hydrogen) atoms. The van der Waals surface area contributed by atoms with Gasteiger partial charge in [0, 0.05) is 38.5 Å². The minimum atomic E-state index is -1.05. The fraction of sp³-hybridized carbons (Fsp3) is 0.885. The zero-order valence-corrected chi connectivity index (χ0v) is 23.5. The van der Waals surface area contributed by atoms with Gasteiger partial charge in [-0.3, -0.25) is 14.4 Å². The van der Waals surface area contributed by atoms with Crippen LogP contribution in [0.2, 0.25) is 0 Å². The molecule has 0 aliphatic carbocycles. The molecule has 13 nitrogen and oxygen atoms in total. The third-order valence-electron chi connectivity index (χ3n) is 6.43. The summed E-state index contributed by atoms with van der Waals surface area (Å²) in [7, 11) is 0. The van der Waals surface area contributed by atoms with Gasteiger partial charge in [-0.2, -0.15) is 0 Å². The minimum absolute atomic E-state index is 0.0589. The number of nitrogens with one attached hydrogen (secondary N) is 3. The van der Waals surface area contributed by atoms with Crippen LogP contribution in [0.1, 0.15) is 52.9 Å². The van der Waals surface area contributed by atoms with Crippen LogP contribution in [-0.4, -0.2) is 127 Å². The molecule has 7 atom stereocenters. The van der Waals surface area contributed by atoms with Gasteiger partial charge in [0.25, 0.3) is 0 Å². The van der Waals surface area contributed by atoms with E-state index >= 15 is 0 Å². The van der Waals surface area contributed by atoms with Gasteiger partial charge in [0.05, 0.1) is 57.3 Å². The monoisotopic (exact) mass is 563 g/mol. The highest BCUT2D eigenvalue weighted by atomic mass is 16.5. The van der Waals surface area contributed by atoms with Crippen molar-refractivity contribution in [2.45, 2.75) is 89.4 Å². The second kappa shape index (κ2) is 20.2. The molecular weight excluding hydrogens is 514 g/mol. The Labute approximate surface area is 231 Å². The van der Waals surface area contributed by atoms with Gasteiger partial charge >= 0.3 is 0 Å². The molecule has 0 bridgehead atoms. The van der Waals surface area contributed by atoms with E-state index in [4.69, 9.17) is 14.2 Å². The zero-order valence-electron chi connectivity index (χ0n) is 23.5. The van der Waals surface area contributed by atoms with Crippen molar-refractivity contribution in [3.05, 3.63) is 0 Å². The highest BCUT2D eigenvalue weighted by Gasteiger charge is 2.31. The maximum Gasteiger partial charge on any atom is 0.222 e. The first-order chi connectivity index (χ1) is 18.5. The van der Waals surface area contributed by atoms with Crippen LogP contribution >= 0.6 is 0 Å². The molecule has 7 N–H and O–H groups in total. The first-order valence-electron chi connectivity index (χ1n) is 13.8. The number of Topliss-reactive ketones (excluding diaryl/α,β-unsaturated/α-hetero) is 1. The molecular formula is C26H49N3O10. The number of amides is 2. The maximum absolute atomic E-state index is 12.1. The van der Waals surface area contributed by atoms with Crippen LogP contribution in [0.15, 0.2) is 0 Å². The normalized spacial score (nSPS) is 22.5. The van der Waals surface area contributed by atoms with Gasteiger partial charge in [-0.25, -0.2) is 0 Å². The molecule has 1 saturated heterocycles. The van der Waals surface area contributed by atoms with Crippen LogP contribution in [0, 0.1) is 5.92 Å². The average Bonchev–Trinajstić information content (AvgIpc) is 2.90. The molecule has 0 saturated carbocycles. The van der Waals surface area contributed by atoms with E-state index in [0.29, 0.717) is 19.4 Å². The van der Waals surface area contributed by atoms with Crippen LogP contribution in [0.5, 0.6) is 0 Å². The number of hydrogen-bond acceptors (Lipinski definition) is 11. The van der Waals surface area contributed by atoms with Gasteiger partial charge in [-0.1, -0.05) is 20.3 Å². The van der Waals surface area contributed by atoms with Crippen molar-refractivity contribution < 1.29 is 49.0 Å². The van der Waals surface area contributed by atoms with Gasteiger partial charge in [0.15, 0.2) is 0 Å². The Morgan fingerprint density at radius 1 is 1.03 bits per heavy atom. The van der Waals surface area contributed by atoms with Crippen molar-refractivity contribution in [2.75, 3.05) is 52.7 Å². The van der Waals surface area contributed by atoms with Crippen molar-refractivity contribution >= 4 is 17.6 Å². The summed E-state index contributed by atoms with van der Waals surface area (Å²) in [5.74, 6) is -0.884. The van der Waals surface area contributed by atoms with Gasteiger partial charge in [0.2, 0.25) is 11.8 Å². The summed E-state index contributed by atoms with van der Waals surface area (Å²) in [5.41, 5.74) is 0. The van der Waals surface area contributed by atoms with Crippen molar-refractivity contribution in [3.8, 4) is 0 Å². The summed E-state index contributed by atoms with van der Waals surface area (Å²) < 4.78 is 16.5. The van der Waals surface area contributed by atoms with E-state index in [-0.39, 0.29) is 88.5 Å². The Bertz CT molecular complexity index is 713. The van der Waals surface area contributed by atoms with E-state index in [1.807, 2.05) is 6.92 Å². The van der Waals surface area contributed by atoms with Crippen molar-refractivity contribution in [1.29, 1.82) is 0 Å². The number of carbonyl (C=O) groups excluding carboxylic acids is 3. The molecule has 1 aliphatic rings. The molecule has 228 valence electrons. The van der Waals surface area contributed by atoms with Crippen molar-refractivity contribution in [3.63, 3.8) is 0 Å². The Hall–Kier alpha value is -1.71. The highest BCUT2D eigenvalue weighted by molar-refractivity contribution is 5.77. The smallest absolute Gasteiger partial charge is 0.222 e. The predicted octanol–water partition coefficient (Wildman–Crippen LogP) is -1.75. The van der Waals surface area contributed by atoms with E-state index in [2.05, 4.69) is 16.0 Å². The Morgan fingerprint density at radius 2 is 1.64 bits per heavy atom. The predicted molar refractivity (Wildman–Crippen MR) is 142 cm³/mol. The molecule has 0 aromatic rings. The molecule has 1 heterocycles. The largest absolute Gasteiger partial charge is 0.390 e. The standard InChI is InChI=1S/C26H49N3O10/c1-4-5-20(31)25(35)17(2)12-28-23(33)7-9-37-15-19(27-13-18(3)30)16-38-10-8-24(34)29-14-22-26(36)21(32)6-11-39-22/h17,19-22,25-27,31-32,35-36H,4-16H2,1-3H3,(H,28,33)(H,29,34)/t17-,19?,20-,21-,22-,25+,26-/m1/s1. The molecule has 1 fully saturated rings. The first-order valence-corrected chi connectivity index (χ1v) is 13.8. The molecule has 0 aromatic carbocycles. The minimum Gasteiger partial charge on any atom is -0.390 e. The second-order valence-corrected chi connectivity index (χ2v) is 10.1. The Morgan fingerprint density at radius 3 is 2.23 bits per heavy atom. The number of ketones is 1. The van der Waals surface area contributed by atoms with Crippen LogP contribution in [0.4, 0.5) is 0 Å².